The van der Waals surface area contributed by atoms with Crippen LogP contribution in [-0.2, 0) is 10.3 Å². The molecule has 6 rings (SSSR count). The maximum absolute atomic E-state index is 12.7. The van der Waals surface area contributed by atoms with Crippen LogP contribution in [-0.4, -0.2) is 26.2 Å². The third kappa shape index (κ3) is 5.31. The Morgan fingerprint density at radius 1 is 1.00 bits per heavy atom. The van der Waals surface area contributed by atoms with Crippen molar-refractivity contribution < 1.29 is 9.53 Å². The molecule has 3 heterocycles. The molecule has 1 saturated carbocycles. The quantitative estimate of drug-likeness (QED) is 0.230. The molecule has 0 saturated heterocycles. The highest BCUT2D eigenvalue weighted by Gasteiger charge is 2.41. The Morgan fingerprint density at radius 3 is 2.40 bits per heavy atom. The molecule has 2 aromatic carbocycles. The lowest BCUT2D eigenvalue weighted by molar-refractivity contribution is 0.0377. The zero-order valence-corrected chi connectivity index (χ0v) is 25.3. The second-order valence-electron chi connectivity index (χ2n) is 13.4. The highest BCUT2D eigenvalue weighted by Crippen LogP contribution is 2.44. The summed E-state index contributed by atoms with van der Waals surface area (Å²) in [5.41, 5.74) is 5.95. The van der Waals surface area contributed by atoms with Crippen molar-refractivity contribution in [3.8, 4) is 28.3 Å². The summed E-state index contributed by atoms with van der Waals surface area (Å²) in [6.45, 7) is 12.2. The number of hydrogen-bond donors (Lipinski definition) is 2. The van der Waals surface area contributed by atoms with Gasteiger partial charge >= 0.3 is 6.09 Å². The molecule has 2 N–H and O–H groups in total. The van der Waals surface area contributed by atoms with Gasteiger partial charge in [-0.15, -0.1) is 0 Å². The molecule has 7 nitrogen and oxygen atoms in total. The molecule has 0 radical (unpaired) electrons. The summed E-state index contributed by atoms with van der Waals surface area (Å²) >= 11 is 0. The van der Waals surface area contributed by atoms with Gasteiger partial charge in [-0.2, -0.15) is 0 Å². The van der Waals surface area contributed by atoms with E-state index in [1.54, 1.807) is 6.20 Å². The van der Waals surface area contributed by atoms with E-state index in [1.807, 2.05) is 39.0 Å². The van der Waals surface area contributed by atoms with Crippen LogP contribution in [0.2, 0.25) is 0 Å². The molecule has 2 aliphatic rings. The normalized spacial score (nSPS) is 15.5. The van der Waals surface area contributed by atoms with Crippen molar-refractivity contribution in [2.45, 2.75) is 71.9 Å². The van der Waals surface area contributed by atoms with Gasteiger partial charge in [-0.05, 0) is 81.4 Å². The smallest absolute Gasteiger partial charge is 0.408 e. The highest BCUT2D eigenvalue weighted by molar-refractivity contribution is 5.88. The highest BCUT2D eigenvalue weighted by atomic mass is 16.6. The number of carbonyl (C=O) groups is 1. The number of hydrogen-bond acceptors (Lipinski definition) is 5. The van der Waals surface area contributed by atoms with Gasteiger partial charge in [-0.1, -0.05) is 63.2 Å². The number of fused-ring (bicyclic) bond motifs is 5. The number of aromatic nitrogens is 3. The van der Waals surface area contributed by atoms with Gasteiger partial charge < -0.3 is 15.4 Å². The van der Waals surface area contributed by atoms with Gasteiger partial charge in [-0.3, -0.25) is 4.57 Å². The van der Waals surface area contributed by atoms with Crippen LogP contribution in [0, 0.1) is 5.41 Å². The number of para-hydroxylation sites is 1. The van der Waals surface area contributed by atoms with Crippen molar-refractivity contribution in [3.05, 3.63) is 84.2 Å². The molecule has 1 fully saturated rings. The zero-order valence-electron chi connectivity index (χ0n) is 25.3. The number of benzene rings is 2. The lowest BCUT2D eigenvalue weighted by Gasteiger charge is -2.43. The molecule has 7 heteroatoms. The van der Waals surface area contributed by atoms with E-state index in [2.05, 4.69) is 90.6 Å². The van der Waals surface area contributed by atoms with Crippen molar-refractivity contribution in [3.63, 3.8) is 0 Å². The standard InChI is InChI=1S/C35H39N5O2/c1-33(2,3)21-18-27-29(23-14-16-24(17-15-23)35(19-10-20-35)39-32(41)42-34(4,5)6)40-28-13-9-22-36-30(28)37-26-12-8-7-11-25(26)31(40)38-27/h7-9,11-18,21-22H,10,19-20H2,1-6H3,(H,36,37)(H,39,41). The lowest BCUT2D eigenvalue weighted by atomic mass is 9.71. The third-order valence-electron chi connectivity index (χ3n) is 7.75. The summed E-state index contributed by atoms with van der Waals surface area (Å²) in [5.74, 6) is 1.64. The van der Waals surface area contributed by atoms with Crippen molar-refractivity contribution in [2.75, 3.05) is 5.32 Å². The Hall–Kier alpha value is -4.39. The van der Waals surface area contributed by atoms with E-state index >= 15 is 0 Å². The Balaban J connectivity index is 1.49. The fourth-order valence-corrected chi connectivity index (χ4v) is 5.63. The van der Waals surface area contributed by atoms with Gasteiger partial charge in [0.25, 0.3) is 0 Å². The topological polar surface area (TPSA) is 81.1 Å². The van der Waals surface area contributed by atoms with Crippen molar-refractivity contribution in [1.29, 1.82) is 0 Å². The molecule has 0 atom stereocenters. The fourth-order valence-electron chi connectivity index (χ4n) is 5.63. The average Bonchev–Trinajstić information content (AvgIpc) is 3.22. The van der Waals surface area contributed by atoms with E-state index < -0.39 is 11.1 Å². The molecular formula is C35H39N5O2. The van der Waals surface area contributed by atoms with E-state index in [9.17, 15) is 4.79 Å². The summed E-state index contributed by atoms with van der Waals surface area (Å²) in [7, 11) is 0. The van der Waals surface area contributed by atoms with Gasteiger partial charge in [0.15, 0.2) is 5.82 Å². The summed E-state index contributed by atoms with van der Waals surface area (Å²) in [6.07, 6.45) is 8.59. The Morgan fingerprint density at radius 2 is 1.74 bits per heavy atom. The van der Waals surface area contributed by atoms with Crippen molar-refractivity contribution in [1.82, 2.24) is 19.9 Å². The fraction of sp³-hybridized carbons (Fsp3) is 0.343. The van der Waals surface area contributed by atoms with Gasteiger partial charge in [0.05, 0.1) is 28.3 Å². The number of amides is 1. The van der Waals surface area contributed by atoms with E-state index in [4.69, 9.17) is 14.7 Å². The van der Waals surface area contributed by atoms with Crippen LogP contribution in [0.1, 0.15) is 72.1 Å². The van der Waals surface area contributed by atoms with Crippen LogP contribution in [0.15, 0.2) is 72.9 Å². The first-order chi connectivity index (χ1) is 19.9. The number of nitrogens with zero attached hydrogens (tertiary/aromatic N) is 3. The van der Waals surface area contributed by atoms with Crippen LogP contribution >= 0.6 is 0 Å². The lowest BCUT2D eigenvalue weighted by Crippen LogP contribution is -2.52. The van der Waals surface area contributed by atoms with Crippen LogP contribution in [0.25, 0.3) is 34.4 Å². The Kier molecular flexibility index (Phi) is 6.71. The van der Waals surface area contributed by atoms with E-state index in [0.717, 1.165) is 70.4 Å². The van der Waals surface area contributed by atoms with E-state index in [-0.39, 0.29) is 11.5 Å². The number of carbonyl (C=O) groups excluding carboxylic acids is 1. The first kappa shape index (κ1) is 27.8. The SMILES string of the molecule is CC(C)(C)C=Cc1nc2n(c1-c1ccc(C3(NC(=O)OC(C)(C)C)CCC3)cc1)-c1cccnc1Nc1ccccc1-2. The summed E-state index contributed by atoms with van der Waals surface area (Å²) in [4.78, 5) is 22.7. The molecule has 2 aromatic heterocycles. The number of ether oxygens (including phenoxy) is 1. The number of imidazole rings is 1. The van der Waals surface area contributed by atoms with Crippen LogP contribution in [0.4, 0.5) is 16.3 Å². The molecule has 0 spiro atoms. The molecule has 1 aliphatic carbocycles. The minimum Gasteiger partial charge on any atom is -0.444 e. The number of pyridine rings is 1. The first-order valence-corrected chi connectivity index (χ1v) is 14.7. The summed E-state index contributed by atoms with van der Waals surface area (Å²) < 4.78 is 7.82. The van der Waals surface area contributed by atoms with E-state index in [0.29, 0.717) is 0 Å². The number of allylic oxidation sites excluding steroid dienone is 1. The molecule has 1 amide bonds. The monoisotopic (exact) mass is 561 g/mol. The first-order valence-electron chi connectivity index (χ1n) is 14.7. The maximum atomic E-state index is 12.7. The number of rotatable bonds is 4. The summed E-state index contributed by atoms with van der Waals surface area (Å²) in [6, 6.07) is 20.8. The minimum absolute atomic E-state index is 0.00893. The second-order valence-corrected chi connectivity index (χ2v) is 13.4. The Labute approximate surface area is 248 Å². The van der Waals surface area contributed by atoms with Gasteiger partial charge in [0.2, 0.25) is 0 Å². The largest absolute Gasteiger partial charge is 0.444 e. The maximum Gasteiger partial charge on any atom is 0.408 e. The van der Waals surface area contributed by atoms with Gasteiger partial charge in [0.1, 0.15) is 11.4 Å². The number of anilines is 2. The minimum atomic E-state index is -0.547. The van der Waals surface area contributed by atoms with Gasteiger partial charge in [-0.25, -0.2) is 14.8 Å². The molecule has 0 unspecified atom stereocenters. The van der Waals surface area contributed by atoms with Crippen LogP contribution < -0.4 is 10.6 Å². The number of alkyl carbamates (subject to hydrolysis) is 1. The molecule has 42 heavy (non-hydrogen) atoms. The molecule has 1 aliphatic heterocycles. The predicted octanol–water partition coefficient (Wildman–Crippen LogP) is 8.62. The average molecular weight is 562 g/mol. The summed E-state index contributed by atoms with van der Waals surface area (Å²) in [5, 5.41) is 6.71. The molecule has 4 aromatic rings. The third-order valence-corrected chi connectivity index (χ3v) is 7.75. The molecular weight excluding hydrogens is 522 g/mol. The van der Waals surface area contributed by atoms with Crippen LogP contribution in [0.5, 0.6) is 0 Å². The van der Waals surface area contributed by atoms with E-state index in [1.165, 1.54) is 0 Å². The predicted molar refractivity (Wildman–Crippen MR) is 169 cm³/mol. The molecule has 0 bridgehead atoms. The second kappa shape index (κ2) is 10.2. The zero-order chi connectivity index (χ0) is 29.7. The Bertz CT molecular complexity index is 1660. The van der Waals surface area contributed by atoms with Crippen molar-refractivity contribution in [2.24, 2.45) is 5.41 Å². The van der Waals surface area contributed by atoms with Crippen LogP contribution in [0.3, 0.4) is 0 Å². The molecule has 216 valence electrons. The van der Waals surface area contributed by atoms with Crippen molar-refractivity contribution >= 4 is 23.7 Å². The van der Waals surface area contributed by atoms with Gasteiger partial charge in [0, 0.05) is 17.3 Å². The number of nitrogens with one attached hydrogen (secondary N) is 2.